The number of fused-ring (bicyclic) bond motifs is 3. The van der Waals surface area contributed by atoms with Crippen molar-refractivity contribution in [2.24, 2.45) is 0 Å². The van der Waals surface area contributed by atoms with Gasteiger partial charge in [0.05, 0.1) is 5.69 Å². The van der Waals surface area contributed by atoms with Crippen LogP contribution in [0.4, 0.5) is 0 Å². The van der Waals surface area contributed by atoms with Gasteiger partial charge in [0.1, 0.15) is 5.82 Å². The summed E-state index contributed by atoms with van der Waals surface area (Å²) in [7, 11) is 0. The molecule has 0 N–H and O–H groups in total. The van der Waals surface area contributed by atoms with E-state index in [1.54, 1.807) is 0 Å². The molecule has 0 spiro atoms. The van der Waals surface area contributed by atoms with E-state index in [1.165, 1.54) is 16.7 Å². The van der Waals surface area contributed by atoms with Crippen molar-refractivity contribution < 1.29 is 25.8 Å². The summed E-state index contributed by atoms with van der Waals surface area (Å²) in [5.74, 6) is 2.08. The number of hydrogen-bond donors (Lipinski definition) is 0. The van der Waals surface area contributed by atoms with Crippen LogP contribution in [-0.4, -0.2) is 19.3 Å². The smallest absolute Gasteiger partial charge is 0.509 e. The van der Waals surface area contributed by atoms with Gasteiger partial charge in [-0.25, -0.2) is 4.98 Å². The van der Waals surface area contributed by atoms with Crippen molar-refractivity contribution in [1.82, 2.24) is 19.3 Å². The van der Waals surface area contributed by atoms with Crippen molar-refractivity contribution in [3.63, 3.8) is 0 Å². The maximum atomic E-state index is 6.44. The predicted octanol–water partition coefficient (Wildman–Crippen LogP) is 10.2. The number of hydrogen-bond acceptors (Lipinski definition) is 3. The first-order valence-electron chi connectivity index (χ1n) is 16.1. The molecule has 0 aliphatic carbocycles. The van der Waals surface area contributed by atoms with Gasteiger partial charge in [0.2, 0.25) is 0 Å². The van der Waals surface area contributed by atoms with Gasteiger partial charge in [-0.15, -0.1) is 35.7 Å². The molecular formula is C41H38N4OPt. The maximum Gasteiger partial charge on any atom is 2.00 e. The third kappa shape index (κ3) is 6.05. The van der Waals surface area contributed by atoms with Gasteiger partial charge in [0.25, 0.3) is 0 Å². The molecule has 4 aromatic carbocycles. The molecule has 0 unspecified atom stereocenters. The molecular weight excluding hydrogens is 760 g/mol. The van der Waals surface area contributed by atoms with E-state index in [2.05, 4.69) is 119 Å². The Hall–Kier alpha value is -4.47. The molecule has 0 saturated carbocycles. The number of aromatic nitrogens is 4. The van der Waals surface area contributed by atoms with Crippen LogP contribution in [0, 0.1) is 19.1 Å². The number of rotatable bonds is 7. The minimum Gasteiger partial charge on any atom is -0.509 e. The fourth-order valence-electron chi connectivity index (χ4n) is 6.30. The van der Waals surface area contributed by atoms with Gasteiger partial charge in [-0.2, -0.15) is 17.2 Å². The Kier molecular flexibility index (Phi) is 8.96. The Morgan fingerprint density at radius 2 is 1.55 bits per heavy atom. The molecule has 0 aliphatic rings. The van der Waals surface area contributed by atoms with Crippen LogP contribution >= 0.6 is 0 Å². The van der Waals surface area contributed by atoms with Crippen LogP contribution in [-0.2, 0) is 39.3 Å². The summed E-state index contributed by atoms with van der Waals surface area (Å²) in [6.45, 7) is 13.2. The van der Waals surface area contributed by atoms with Crippen molar-refractivity contribution in [3.05, 3.63) is 132 Å². The molecule has 0 amide bonds. The van der Waals surface area contributed by atoms with Gasteiger partial charge < -0.3 is 9.30 Å². The monoisotopic (exact) mass is 797 g/mol. The average molecular weight is 798 g/mol. The zero-order chi connectivity index (χ0) is 32.0. The van der Waals surface area contributed by atoms with E-state index in [-0.39, 0.29) is 26.5 Å². The molecule has 0 bridgehead atoms. The van der Waals surface area contributed by atoms with E-state index < -0.39 is 0 Å². The topological polar surface area (TPSA) is 44.9 Å². The summed E-state index contributed by atoms with van der Waals surface area (Å²) in [5, 5.41) is 7.35. The summed E-state index contributed by atoms with van der Waals surface area (Å²) in [5.41, 5.74) is 10.1. The molecule has 238 valence electrons. The second-order valence-electron chi connectivity index (χ2n) is 12.8. The summed E-state index contributed by atoms with van der Waals surface area (Å²) in [6, 6.07) is 38.6. The van der Waals surface area contributed by atoms with Crippen LogP contribution in [0.1, 0.15) is 57.1 Å². The quantitative estimate of drug-likeness (QED) is 0.151. The Balaban J connectivity index is 0.00000386. The van der Waals surface area contributed by atoms with Crippen molar-refractivity contribution in [2.45, 2.75) is 59.8 Å². The number of aryl methyl sites for hydroxylation is 2. The molecule has 0 fully saturated rings. The molecule has 0 atom stereocenters. The molecule has 0 saturated heterocycles. The van der Waals surface area contributed by atoms with E-state index in [0.717, 1.165) is 63.1 Å². The SMILES string of the molecule is CCc1nn(-c2[c-]c(Oc3[c-]c4c(cc3)c3ccccc3n4-c3cc(C)ccn3)ccc2)c(CC)c1-c1ccc(C(C)(C)C)cc1.[Pt+2]. The fourth-order valence-corrected chi connectivity index (χ4v) is 6.30. The molecule has 6 heteroatoms. The van der Waals surface area contributed by atoms with Gasteiger partial charge in [-0.1, -0.05) is 82.6 Å². The number of pyridine rings is 1. The van der Waals surface area contributed by atoms with Gasteiger partial charge in [-0.3, -0.25) is 4.68 Å². The Morgan fingerprint density at radius 3 is 2.28 bits per heavy atom. The number of para-hydroxylation sites is 1. The van der Waals surface area contributed by atoms with E-state index in [4.69, 9.17) is 14.8 Å². The second kappa shape index (κ2) is 13.0. The van der Waals surface area contributed by atoms with Gasteiger partial charge in [0, 0.05) is 34.5 Å². The first-order valence-corrected chi connectivity index (χ1v) is 16.1. The van der Waals surface area contributed by atoms with Gasteiger partial charge in [0.15, 0.2) is 0 Å². The minimum atomic E-state index is 0. The molecule has 47 heavy (non-hydrogen) atoms. The van der Waals surface area contributed by atoms with Crippen LogP contribution in [0.25, 0.3) is 44.4 Å². The number of nitrogens with zero attached hydrogens (tertiary/aromatic N) is 4. The van der Waals surface area contributed by atoms with Crippen molar-refractivity contribution in [1.29, 1.82) is 0 Å². The first kappa shape index (κ1) is 32.5. The van der Waals surface area contributed by atoms with Crippen molar-refractivity contribution >= 4 is 21.8 Å². The molecule has 0 radical (unpaired) electrons. The van der Waals surface area contributed by atoms with Gasteiger partial charge in [-0.05, 0) is 71.1 Å². The van der Waals surface area contributed by atoms with Crippen LogP contribution in [0.5, 0.6) is 11.5 Å². The normalized spacial score (nSPS) is 11.6. The Labute approximate surface area is 291 Å². The summed E-state index contributed by atoms with van der Waals surface area (Å²) >= 11 is 0. The molecule has 7 rings (SSSR count). The summed E-state index contributed by atoms with van der Waals surface area (Å²) in [6.07, 6.45) is 3.53. The van der Waals surface area contributed by atoms with E-state index in [0.29, 0.717) is 11.5 Å². The third-order valence-corrected chi connectivity index (χ3v) is 8.65. The van der Waals surface area contributed by atoms with E-state index in [9.17, 15) is 0 Å². The summed E-state index contributed by atoms with van der Waals surface area (Å²) < 4.78 is 10.6. The second-order valence-corrected chi connectivity index (χ2v) is 12.8. The Morgan fingerprint density at radius 1 is 0.787 bits per heavy atom. The molecule has 0 aliphatic heterocycles. The average Bonchev–Trinajstić information content (AvgIpc) is 3.60. The summed E-state index contributed by atoms with van der Waals surface area (Å²) in [4.78, 5) is 4.70. The van der Waals surface area contributed by atoms with E-state index in [1.807, 2.05) is 41.2 Å². The van der Waals surface area contributed by atoms with E-state index >= 15 is 0 Å². The number of ether oxygens (including phenoxy) is 1. The van der Waals surface area contributed by atoms with Gasteiger partial charge >= 0.3 is 21.1 Å². The van der Waals surface area contributed by atoms with Crippen LogP contribution in [0.2, 0.25) is 0 Å². The fraction of sp³-hybridized carbons (Fsp3) is 0.220. The number of benzene rings is 4. The van der Waals surface area contributed by atoms with Crippen molar-refractivity contribution in [3.8, 4) is 34.1 Å². The first-order chi connectivity index (χ1) is 22.2. The maximum absolute atomic E-state index is 6.44. The molecule has 5 nitrogen and oxygen atoms in total. The largest absolute Gasteiger partial charge is 2.00 e. The predicted molar refractivity (Wildman–Crippen MR) is 188 cm³/mol. The minimum absolute atomic E-state index is 0. The van der Waals surface area contributed by atoms with Crippen LogP contribution in [0.15, 0.2) is 97.2 Å². The van der Waals surface area contributed by atoms with Crippen molar-refractivity contribution in [2.75, 3.05) is 0 Å². The third-order valence-electron chi connectivity index (χ3n) is 8.65. The Bertz CT molecular complexity index is 2200. The zero-order valence-electron chi connectivity index (χ0n) is 27.7. The van der Waals surface area contributed by atoms with Crippen LogP contribution in [0.3, 0.4) is 0 Å². The zero-order valence-corrected chi connectivity index (χ0v) is 29.9. The van der Waals surface area contributed by atoms with Crippen LogP contribution < -0.4 is 4.74 Å². The standard InChI is InChI=1S/C41H38N4O.Pt/c1-7-35-40(28-16-18-29(19-17-28)41(4,5)6)36(8-2)45(43-35)30-12-11-13-31(25-30)46-32-20-21-34-33-14-9-10-15-37(33)44(38(34)26-32)39-24-27(3)22-23-42-39;/h9-24H,7-8H2,1-6H3;/q-2;+2. The molecule has 7 aromatic rings. The molecule has 3 aromatic heterocycles. The molecule has 3 heterocycles.